The molecule has 0 bridgehead atoms. The van der Waals surface area contributed by atoms with Crippen LogP contribution in [-0.2, 0) is 29.1 Å². The summed E-state index contributed by atoms with van der Waals surface area (Å²) < 4.78 is 32.4. The second kappa shape index (κ2) is 11.1. The number of nitrogens with zero attached hydrogens (tertiary/aromatic N) is 2. The first-order valence-electron chi connectivity index (χ1n) is 13.1. The summed E-state index contributed by atoms with van der Waals surface area (Å²) in [5.74, 6) is -1.93. The summed E-state index contributed by atoms with van der Waals surface area (Å²) >= 11 is 6.17. The van der Waals surface area contributed by atoms with Crippen molar-refractivity contribution in [2.75, 3.05) is 31.6 Å². The molecule has 2 atom stereocenters. The molecule has 11 nitrogen and oxygen atoms in total. The molecular formula is C26H35ClN4O7S. The first-order valence-corrected chi connectivity index (χ1v) is 14.9. The number of sulfonamides is 1. The number of imide groups is 1. The molecule has 1 spiro atoms. The molecule has 4 amide bonds. The van der Waals surface area contributed by atoms with Crippen LogP contribution in [0.3, 0.4) is 0 Å². The minimum atomic E-state index is -3.75. The number of hydrogen-bond acceptors (Lipinski definition) is 7. The number of nitrogens with one attached hydrogen (secondary N) is 2. The number of esters is 1. The quantitative estimate of drug-likeness (QED) is 0.371. The summed E-state index contributed by atoms with van der Waals surface area (Å²) in [6.07, 6.45) is 4.42. The van der Waals surface area contributed by atoms with Gasteiger partial charge in [-0.25, -0.2) is 13.2 Å². The van der Waals surface area contributed by atoms with Gasteiger partial charge in [0.15, 0.2) is 6.61 Å². The summed E-state index contributed by atoms with van der Waals surface area (Å²) in [5.41, 5.74) is -1.14. The number of benzene rings is 1. The molecule has 0 radical (unpaired) electrons. The summed E-state index contributed by atoms with van der Waals surface area (Å²) in [4.78, 5) is 51.5. The van der Waals surface area contributed by atoms with E-state index < -0.39 is 52.5 Å². The van der Waals surface area contributed by atoms with Gasteiger partial charge in [-0.15, -0.1) is 0 Å². The summed E-state index contributed by atoms with van der Waals surface area (Å²) in [5, 5.41) is 5.36. The molecule has 1 saturated carbocycles. The summed E-state index contributed by atoms with van der Waals surface area (Å²) in [6, 6.07) is 3.36. The van der Waals surface area contributed by atoms with Gasteiger partial charge in [0.25, 0.3) is 11.8 Å². The Morgan fingerprint density at radius 3 is 2.51 bits per heavy atom. The van der Waals surface area contributed by atoms with Gasteiger partial charge in [0, 0.05) is 13.1 Å². The molecule has 0 unspecified atom stereocenters. The fourth-order valence-electron chi connectivity index (χ4n) is 6.17. The van der Waals surface area contributed by atoms with Gasteiger partial charge in [0.05, 0.1) is 15.6 Å². The highest BCUT2D eigenvalue weighted by Gasteiger charge is 2.56. The van der Waals surface area contributed by atoms with Crippen molar-refractivity contribution in [2.24, 2.45) is 11.3 Å². The van der Waals surface area contributed by atoms with Crippen molar-refractivity contribution >= 4 is 51.1 Å². The van der Waals surface area contributed by atoms with Crippen molar-refractivity contribution in [1.29, 1.82) is 0 Å². The van der Waals surface area contributed by atoms with Crippen molar-refractivity contribution in [2.45, 2.75) is 69.7 Å². The predicted octanol–water partition coefficient (Wildman–Crippen LogP) is 3.13. The van der Waals surface area contributed by atoms with E-state index in [1.807, 2.05) is 20.8 Å². The minimum Gasteiger partial charge on any atom is -0.454 e. The van der Waals surface area contributed by atoms with Gasteiger partial charge in [0.2, 0.25) is 10.0 Å². The molecule has 3 fully saturated rings. The van der Waals surface area contributed by atoms with Crippen molar-refractivity contribution in [3.05, 3.63) is 23.2 Å². The number of anilines is 1. The molecule has 2 aliphatic heterocycles. The maximum Gasteiger partial charge on any atom is 0.326 e. The highest BCUT2D eigenvalue weighted by atomic mass is 35.5. The number of urea groups is 1. The Hall–Kier alpha value is -2.70. The number of amides is 4. The second-order valence-electron chi connectivity index (χ2n) is 11.6. The normalized spacial score (nSPS) is 25.4. The van der Waals surface area contributed by atoms with Crippen LogP contribution in [0.2, 0.25) is 5.02 Å². The largest absolute Gasteiger partial charge is 0.454 e. The first kappa shape index (κ1) is 29.3. The molecule has 2 N–H and O–H groups in total. The van der Waals surface area contributed by atoms with Crippen LogP contribution in [0, 0.1) is 11.3 Å². The maximum atomic E-state index is 13.2. The topological polar surface area (TPSA) is 142 Å². The van der Waals surface area contributed by atoms with E-state index in [-0.39, 0.29) is 26.9 Å². The van der Waals surface area contributed by atoms with E-state index in [2.05, 4.69) is 10.6 Å². The minimum absolute atomic E-state index is 0.00575. The maximum absolute atomic E-state index is 13.2. The van der Waals surface area contributed by atoms with Crippen LogP contribution >= 0.6 is 11.6 Å². The average Bonchev–Trinajstić information content (AvgIpc) is 3.06. The molecule has 214 valence electrons. The van der Waals surface area contributed by atoms with Gasteiger partial charge < -0.3 is 15.4 Å². The van der Waals surface area contributed by atoms with Gasteiger partial charge in [-0.2, -0.15) is 4.31 Å². The highest BCUT2D eigenvalue weighted by Crippen LogP contribution is 2.46. The fraction of sp³-hybridized carbons (Fsp3) is 0.615. The third-order valence-corrected chi connectivity index (χ3v) is 9.66. The van der Waals surface area contributed by atoms with Crippen molar-refractivity contribution < 1.29 is 32.3 Å². The van der Waals surface area contributed by atoms with E-state index in [4.69, 9.17) is 16.3 Å². The third kappa shape index (κ3) is 6.38. The molecule has 13 heteroatoms. The van der Waals surface area contributed by atoms with E-state index in [0.29, 0.717) is 25.9 Å². The second-order valence-corrected chi connectivity index (χ2v) is 13.9. The molecule has 1 aliphatic carbocycles. The van der Waals surface area contributed by atoms with Crippen LogP contribution in [0.5, 0.6) is 0 Å². The Morgan fingerprint density at radius 1 is 1.15 bits per heavy atom. The molecule has 2 heterocycles. The fourth-order valence-corrected chi connectivity index (χ4v) is 7.88. The lowest BCUT2D eigenvalue weighted by molar-refractivity contribution is -0.150. The van der Waals surface area contributed by atoms with E-state index >= 15 is 0 Å². The Labute approximate surface area is 233 Å². The molecule has 0 aromatic heterocycles. The van der Waals surface area contributed by atoms with Gasteiger partial charge >= 0.3 is 12.0 Å². The Balaban J connectivity index is 1.34. The molecule has 4 rings (SSSR count). The van der Waals surface area contributed by atoms with Gasteiger partial charge in [0.1, 0.15) is 12.1 Å². The van der Waals surface area contributed by atoms with Crippen LogP contribution < -0.4 is 10.6 Å². The zero-order valence-corrected chi connectivity index (χ0v) is 24.0. The zero-order chi connectivity index (χ0) is 28.6. The van der Waals surface area contributed by atoms with E-state index in [1.165, 1.54) is 22.5 Å². The SMILES string of the molecule is C[C@H]1CC(C)(C)C[C@@]2(C1)NC(=O)N(CC(=O)OCC(=O)Nc1cc(S(=O)(=O)N3CCCCC3)ccc1Cl)C2=O. The number of hydrogen-bond donors (Lipinski definition) is 2. The number of carbonyl (C=O) groups excluding carboxylic acids is 4. The van der Waals surface area contributed by atoms with Crippen molar-refractivity contribution in [1.82, 2.24) is 14.5 Å². The van der Waals surface area contributed by atoms with Gasteiger partial charge in [-0.1, -0.05) is 38.8 Å². The van der Waals surface area contributed by atoms with Crippen molar-refractivity contribution in [3.8, 4) is 0 Å². The number of rotatable bonds is 7. The lowest BCUT2D eigenvalue weighted by Crippen LogP contribution is -2.54. The molecule has 1 aromatic rings. The summed E-state index contributed by atoms with van der Waals surface area (Å²) in [6.45, 7) is 5.64. The number of carbonyl (C=O) groups is 4. The highest BCUT2D eigenvalue weighted by molar-refractivity contribution is 7.89. The Kier molecular flexibility index (Phi) is 8.30. The lowest BCUT2D eigenvalue weighted by atomic mass is 9.64. The van der Waals surface area contributed by atoms with Crippen LogP contribution in [0.4, 0.5) is 10.5 Å². The smallest absolute Gasteiger partial charge is 0.326 e. The molecule has 3 aliphatic rings. The van der Waals surface area contributed by atoms with E-state index in [9.17, 15) is 27.6 Å². The third-order valence-electron chi connectivity index (χ3n) is 7.44. The van der Waals surface area contributed by atoms with Gasteiger partial charge in [-0.3, -0.25) is 19.3 Å². The standard InChI is InChI=1S/C26H35ClN4O7S/c1-17-12-25(2,3)16-26(13-17)23(34)31(24(35)29-26)14-22(33)38-15-21(32)28-20-11-18(7-8-19(20)27)39(36,37)30-9-5-4-6-10-30/h7-8,11,17H,4-6,9-10,12-16H2,1-3H3,(H,28,32)(H,29,35)/t17-,26+/m0/s1. The molecule has 2 saturated heterocycles. The van der Waals surface area contributed by atoms with Crippen molar-refractivity contribution in [3.63, 3.8) is 0 Å². The number of ether oxygens (including phenoxy) is 1. The zero-order valence-electron chi connectivity index (χ0n) is 22.4. The summed E-state index contributed by atoms with van der Waals surface area (Å²) in [7, 11) is -3.75. The van der Waals surface area contributed by atoms with Crippen LogP contribution in [0.15, 0.2) is 23.1 Å². The van der Waals surface area contributed by atoms with E-state index in [0.717, 1.165) is 30.6 Å². The molecular weight excluding hydrogens is 548 g/mol. The number of halogens is 1. The van der Waals surface area contributed by atoms with Crippen LogP contribution in [0.1, 0.15) is 59.3 Å². The van der Waals surface area contributed by atoms with Crippen LogP contribution in [0.25, 0.3) is 0 Å². The first-order chi connectivity index (χ1) is 18.2. The Bertz CT molecular complexity index is 1280. The monoisotopic (exact) mass is 582 g/mol. The van der Waals surface area contributed by atoms with Crippen LogP contribution in [-0.4, -0.2) is 73.2 Å². The van der Waals surface area contributed by atoms with Gasteiger partial charge in [-0.05, 0) is 61.6 Å². The number of piperidine rings is 1. The van der Waals surface area contributed by atoms with E-state index in [1.54, 1.807) is 0 Å². The predicted molar refractivity (Wildman–Crippen MR) is 143 cm³/mol. The lowest BCUT2D eigenvalue weighted by Gasteiger charge is -2.43. The molecule has 39 heavy (non-hydrogen) atoms. The average molecular weight is 583 g/mol. The Morgan fingerprint density at radius 2 is 1.85 bits per heavy atom. The molecule has 1 aromatic carbocycles.